The molecule has 7 heteroatoms. The molecule has 0 atom stereocenters. The van der Waals surface area contributed by atoms with Crippen molar-refractivity contribution in [3.05, 3.63) is 70.4 Å². The van der Waals surface area contributed by atoms with Crippen molar-refractivity contribution >= 4 is 40.1 Å². The van der Waals surface area contributed by atoms with E-state index in [1.54, 1.807) is 24.3 Å². The number of carbonyl (C=O) groups excluding carboxylic acids is 2. The Kier molecular flexibility index (Phi) is 5.47. The van der Waals surface area contributed by atoms with E-state index in [0.29, 0.717) is 22.8 Å². The van der Waals surface area contributed by atoms with Crippen LogP contribution in [0.3, 0.4) is 0 Å². The Morgan fingerprint density at radius 2 is 1.93 bits per heavy atom. The average Bonchev–Trinajstić information content (AvgIpc) is 2.72. The number of para-hydroxylation sites is 1. The first-order valence-corrected chi connectivity index (χ1v) is 9.70. The highest BCUT2D eigenvalue weighted by atomic mass is 35.5. The number of pyridine rings is 1. The summed E-state index contributed by atoms with van der Waals surface area (Å²) in [6.45, 7) is 1.13. The van der Waals surface area contributed by atoms with Crippen molar-refractivity contribution in [2.45, 2.75) is 13.0 Å². The Bertz CT molecular complexity index is 1080. The lowest BCUT2D eigenvalue weighted by atomic mass is 9.96. The summed E-state index contributed by atoms with van der Waals surface area (Å²) < 4.78 is 5.37. The molecule has 3 aromatic rings. The normalized spacial score (nSPS) is 13.7. The second-order valence-electron chi connectivity index (χ2n) is 7.05. The van der Waals surface area contributed by atoms with Crippen LogP contribution in [0.4, 0.5) is 5.69 Å². The van der Waals surface area contributed by atoms with Crippen LogP contribution < -0.4 is 5.32 Å². The van der Waals surface area contributed by atoms with Crippen molar-refractivity contribution in [1.29, 1.82) is 0 Å². The van der Waals surface area contributed by atoms with Crippen molar-refractivity contribution in [3.63, 3.8) is 0 Å². The molecule has 1 aliphatic heterocycles. The fraction of sp³-hybridized carbons (Fsp3) is 0.227. The molecule has 0 unspecified atom stereocenters. The van der Waals surface area contributed by atoms with Gasteiger partial charge in [-0.2, -0.15) is 0 Å². The van der Waals surface area contributed by atoms with Crippen molar-refractivity contribution in [2.24, 2.45) is 0 Å². The predicted octanol–water partition coefficient (Wildman–Crippen LogP) is 3.67. The minimum atomic E-state index is -0.513. The van der Waals surface area contributed by atoms with Gasteiger partial charge in [0, 0.05) is 46.9 Å². The largest absolute Gasteiger partial charge is 0.452 e. The van der Waals surface area contributed by atoms with Gasteiger partial charge in [-0.05, 0) is 37.4 Å². The molecule has 0 aliphatic carbocycles. The number of nitrogens with zero attached hydrogens (tertiary/aromatic N) is 2. The van der Waals surface area contributed by atoms with Crippen LogP contribution in [0, 0.1) is 0 Å². The number of hydrogen-bond donors (Lipinski definition) is 1. The summed E-state index contributed by atoms with van der Waals surface area (Å²) in [6.07, 6.45) is 0.772. The summed E-state index contributed by atoms with van der Waals surface area (Å²) in [5.41, 5.74) is 3.63. The predicted molar refractivity (Wildman–Crippen MR) is 112 cm³/mol. The zero-order chi connectivity index (χ0) is 20.4. The molecule has 148 valence electrons. The lowest BCUT2D eigenvalue weighted by molar-refractivity contribution is -0.119. The zero-order valence-electron chi connectivity index (χ0n) is 15.9. The van der Waals surface area contributed by atoms with Gasteiger partial charge in [0.05, 0.1) is 11.1 Å². The molecule has 0 spiro atoms. The number of esters is 1. The number of benzene rings is 2. The molecule has 0 saturated carbocycles. The molecule has 4 rings (SSSR count). The molecule has 2 heterocycles. The fourth-order valence-electron chi connectivity index (χ4n) is 3.49. The van der Waals surface area contributed by atoms with E-state index < -0.39 is 11.9 Å². The van der Waals surface area contributed by atoms with E-state index in [2.05, 4.69) is 10.2 Å². The number of rotatable bonds is 4. The third-order valence-corrected chi connectivity index (χ3v) is 5.16. The number of aromatic nitrogens is 1. The monoisotopic (exact) mass is 409 g/mol. The standard InChI is InChI=1S/C22H20ClN3O3/c1-26-11-10-19-17(12-26)21(16-4-2-3-5-18(16)25-19)22(28)29-13-20(27)24-15-8-6-14(23)7-9-15/h2-9H,10-13H2,1H3,(H,24,27). The number of anilines is 1. The Hall–Kier alpha value is -2.96. The van der Waals surface area contributed by atoms with E-state index >= 15 is 0 Å². The maximum Gasteiger partial charge on any atom is 0.339 e. The Labute approximate surface area is 173 Å². The number of hydrogen-bond acceptors (Lipinski definition) is 5. The molecule has 29 heavy (non-hydrogen) atoms. The maximum absolute atomic E-state index is 13.0. The molecule has 1 N–H and O–H groups in total. The number of fused-ring (bicyclic) bond motifs is 2. The van der Waals surface area contributed by atoms with Crippen molar-refractivity contribution in [2.75, 3.05) is 25.5 Å². The van der Waals surface area contributed by atoms with Crippen LogP contribution in [0.15, 0.2) is 48.5 Å². The lowest BCUT2D eigenvalue weighted by Gasteiger charge is -2.26. The minimum absolute atomic E-state index is 0.372. The van der Waals surface area contributed by atoms with E-state index in [4.69, 9.17) is 21.3 Å². The zero-order valence-corrected chi connectivity index (χ0v) is 16.7. The molecule has 0 bridgehead atoms. The van der Waals surface area contributed by atoms with Crippen LogP contribution in [0.25, 0.3) is 10.9 Å². The van der Waals surface area contributed by atoms with Gasteiger partial charge in [0.1, 0.15) is 0 Å². The highest BCUT2D eigenvalue weighted by Crippen LogP contribution is 2.28. The van der Waals surface area contributed by atoms with Gasteiger partial charge in [0.15, 0.2) is 6.61 Å². The van der Waals surface area contributed by atoms with Crippen LogP contribution in [-0.2, 0) is 22.5 Å². The van der Waals surface area contributed by atoms with Crippen LogP contribution >= 0.6 is 11.6 Å². The number of carbonyl (C=O) groups is 2. The van der Waals surface area contributed by atoms with Crippen LogP contribution in [0.5, 0.6) is 0 Å². The number of nitrogens with one attached hydrogen (secondary N) is 1. The van der Waals surface area contributed by atoms with Gasteiger partial charge in [0.2, 0.25) is 0 Å². The summed E-state index contributed by atoms with van der Waals surface area (Å²) in [5.74, 6) is -0.925. The van der Waals surface area contributed by atoms with Crippen LogP contribution in [0.1, 0.15) is 21.6 Å². The molecular weight excluding hydrogens is 390 g/mol. The van der Waals surface area contributed by atoms with Gasteiger partial charge in [-0.3, -0.25) is 9.78 Å². The highest BCUT2D eigenvalue weighted by Gasteiger charge is 2.25. The molecule has 1 aliphatic rings. The van der Waals surface area contributed by atoms with Crippen LogP contribution in [-0.4, -0.2) is 42.0 Å². The van der Waals surface area contributed by atoms with E-state index in [0.717, 1.165) is 35.1 Å². The third kappa shape index (κ3) is 4.23. The fourth-order valence-corrected chi connectivity index (χ4v) is 3.62. The van der Waals surface area contributed by atoms with Gasteiger partial charge in [-0.25, -0.2) is 4.79 Å². The Morgan fingerprint density at radius 3 is 2.72 bits per heavy atom. The summed E-state index contributed by atoms with van der Waals surface area (Å²) in [6, 6.07) is 14.2. The number of halogens is 1. The van der Waals surface area contributed by atoms with Gasteiger partial charge in [0.25, 0.3) is 5.91 Å². The SMILES string of the molecule is CN1CCc2nc3ccccc3c(C(=O)OCC(=O)Nc3ccc(Cl)cc3)c2C1. The van der Waals surface area contributed by atoms with E-state index in [-0.39, 0.29) is 6.61 Å². The first-order valence-electron chi connectivity index (χ1n) is 9.33. The smallest absolute Gasteiger partial charge is 0.339 e. The van der Waals surface area contributed by atoms with E-state index in [1.165, 1.54) is 0 Å². The molecule has 1 amide bonds. The van der Waals surface area contributed by atoms with E-state index in [9.17, 15) is 9.59 Å². The average molecular weight is 410 g/mol. The topological polar surface area (TPSA) is 71.5 Å². The van der Waals surface area contributed by atoms with Gasteiger partial charge in [-0.1, -0.05) is 29.8 Å². The molecule has 1 aromatic heterocycles. The van der Waals surface area contributed by atoms with Gasteiger partial charge in [-0.15, -0.1) is 0 Å². The lowest BCUT2D eigenvalue weighted by Crippen LogP contribution is -2.30. The molecule has 2 aromatic carbocycles. The van der Waals surface area contributed by atoms with Crippen molar-refractivity contribution < 1.29 is 14.3 Å². The van der Waals surface area contributed by atoms with Crippen LogP contribution in [0.2, 0.25) is 5.02 Å². The van der Waals surface area contributed by atoms with Gasteiger partial charge >= 0.3 is 5.97 Å². The summed E-state index contributed by atoms with van der Waals surface area (Å²) in [7, 11) is 2.01. The highest BCUT2D eigenvalue weighted by molar-refractivity contribution is 6.30. The molecule has 0 fully saturated rings. The van der Waals surface area contributed by atoms with E-state index in [1.807, 2.05) is 31.3 Å². The Morgan fingerprint density at radius 1 is 1.17 bits per heavy atom. The second-order valence-corrected chi connectivity index (χ2v) is 7.48. The molecule has 0 radical (unpaired) electrons. The summed E-state index contributed by atoms with van der Waals surface area (Å²) in [4.78, 5) is 32.0. The van der Waals surface area contributed by atoms with Crippen molar-refractivity contribution in [1.82, 2.24) is 9.88 Å². The third-order valence-electron chi connectivity index (χ3n) is 4.90. The molecule has 0 saturated heterocycles. The number of amides is 1. The second kappa shape index (κ2) is 8.19. The quantitative estimate of drug-likeness (QED) is 0.665. The first kappa shape index (κ1) is 19.4. The first-order chi connectivity index (χ1) is 14.0. The summed E-state index contributed by atoms with van der Waals surface area (Å²) in [5, 5.41) is 4.01. The molecular formula is C22H20ClN3O3. The molecule has 6 nitrogen and oxygen atoms in total. The van der Waals surface area contributed by atoms with Gasteiger partial charge < -0.3 is 15.0 Å². The maximum atomic E-state index is 13.0. The van der Waals surface area contributed by atoms with Crippen molar-refractivity contribution in [3.8, 4) is 0 Å². The number of ether oxygens (including phenoxy) is 1. The number of likely N-dealkylation sites (N-methyl/N-ethyl adjacent to an activating group) is 1. The Balaban J connectivity index is 1.55. The minimum Gasteiger partial charge on any atom is -0.452 e. The summed E-state index contributed by atoms with van der Waals surface area (Å²) >= 11 is 5.84.